The van der Waals surface area contributed by atoms with Gasteiger partial charge in [0.2, 0.25) is 0 Å². The first kappa shape index (κ1) is 11.5. The number of carbonyl (C=O) groups is 1. The Balaban J connectivity index is 1.71. The van der Waals surface area contributed by atoms with E-state index in [4.69, 9.17) is 11.6 Å². The molecule has 0 bridgehead atoms. The van der Waals surface area contributed by atoms with E-state index in [0.29, 0.717) is 23.3 Å². The number of halogens is 1. The van der Waals surface area contributed by atoms with Gasteiger partial charge in [0.25, 0.3) is 5.91 Å². The average Bonchev–Trinajstić information content (AvgIpc) is 2.89. The lowest BCUT2D eigenvalue weighted by molar-refractivity contribution is 0.0948. The summed E-state index contributed by atoms with van der Waals surface area (Å²) in [6.07, 6.45) is 5.05. The molecule has 1 amide bonds. The van der Waals surface area contributed by atoms with Crippen LogP contribution in [0.2, 0.25) is 5.02 Å². The lowest BCUT2D eigenvalue weighted by atomic mass is 10.1. The van der Waals surface area contributed by atoms with Crippen molar-refractivity contribution in [2.45, 2.75) is 25.3 Å². The SMILES string of the molecule is O=C(NCCC1CCCN1)c1cc(Cl)c[nH]1. The van der Waals surface area contributed by atoms with Crippen LogP contribution < -0.4 is 10.6 Å². The fraction of sp³-hybridized carbons (Fsp3) is 0.545. The molecule has 88 valence electrons. The average molecular weight is 242 g/mol. The van der Waals surface area contributed by atoms with Crippen LogP contribution >= 0.6 is 11.6 Å². The summed E-state index contributed by atoms with van der Waals surface area (Å²) in [4.78, 5) is 14.4. The van der Waals surface area contributed by atoms with Gasteiger partial charge < -0.3 is 15.6 Å². The number of amides is 1. The summed E-state index contributed by atoms with van der Waals surface area (Å²) in [6.45, 7) is 1.80. The third kappa shape index (κ3) is 3.00. The molecule has 2 heterocycles. The Morgan fingerprint density at radius 1 is 1.62 bits per heavy atom. The molecule has 1 aromatic heterocycles. The van der Waals surface area contributed by atoms with Crippen molar-refractivity contribution in [2.75, 3.05) is 13.1 Å². The van der Waals surface area contributed by atoms with E-state index in [1.807, 2.05) is 0 Å². The second kappa shape index (κ2) is 5.37. The van der Waals surface area contributed by atoms with Crippen molar-refractivity contribution in [3.05, 3.63) is 23.0 Å². The Morgan fingerprint density at radius 2 is 2.50 bits per heavy atom. The molecule has 1 fully saturated rings. The molecule has 1 aliphatic heterocycles. The molecule has 2 rings (SSSR count). The second-order valence-corrected chi connectivity index (χ2v) is 4.51. The van der Waals surface area contributed by atoms with Crippen molar-refractivity contribution in [3.63, 3.8) is 0 Å². The van der Waals surface area contributed by atoms with Crippen LogP contribution in [0.3, 0.4) is 0 Å². The summed E-state index contributed by atoms with van der Waals surface area (Å²) in [5.74, 6) is -0.0927. The van der Waals surface area contributed by atoms with E-state index in [1.165, 1.54) is 12.8 Å². The van der Waals surface area contributed by atoms with Gasteiger partial charge in [0.05, 0.1) is 5.02 Å². The maximum atomic E-state index is 11.6. The molecule has 0 saturated carbocycles. The fourth-order valence-corrected chi connectivity index (χ4v) is 2.12. The normalized spacial score (nSPS) is 19.9. The highest BCUT2D eigenvalue weighted by atomic mass is 35.5. The minimum atomic E-state index is -0.0927. The molecule has 16 heavy (non-hydrogen) atoms. The molecule has 4 nitrogen and oxygen atoms in total. The minimum Gasteiger partial charge on any atom is -0.356 e. The van der Waals surface area contributed by atoms with Gasteiger partial charge in [-0.3, -0.25) is 4.79 Å². The highest BCUT2D eigenvalue weighted by Crippen LogP contribution is 2.10. The van der Waals surface area contributed by atoms with Crippen LogP contribution in [0.1, 0.15) is 29.8 Å². The molecule has 1 aliphatic rings. The van der Waals surface area contributed by atoms with Gasteiger partial charge in [-0.1, -0.05) is 11.6 Å². The number of H-pyrrole nitrogens is 1. The van der Waals surface area contributed by atoms with E-state index in [1.54, 1.807) is 12.3 Å². The van der Waals surface area contributed by atoms with Crippen LogP contribution in [-0.2, 0) is 0 Å². The number of rotatable bonds is 4. The Kier molecular flexibility index (Phi) is 3.85. The zero-order valence-corrected chi connectivity index (χ0v) is 9.81. The highest BCUT2D eigenvalue weighted by molar-refractivity contribution is 6.30. The number of nitrogens with one attached hydrogen (secondary N) is 3. The third-order valence-electron chi connectivity index (χ3n) is 2.83. The van der Waals surface area contributed by atoms with E-state index in [2.05, 4.69) is 15.6 Å². The number of carbonyl (C=O) groups excluding carboxylic acids is 1. The van der Waals surface area contributed by atoms with E-state index < -0.39 is 0 Å². The quantitative estimate of drug-likeness (QED) is 0.749. The molecular weight excluding hydrogens is 226 g/mol. The van der Waals surface area contributed by atoms with E-state index in [9.17, 15) is 4.79 Å². The number of hydrogen-bond donors (Lipinski definition) is 3. The van der Waals surface area contributed by atoms with Gasteiger partial charge in [0.15, 0.2) is 0 Å². The summed E-state index contributed by atoms with van der Waals surface area (Å²) in [5.41, 5.74) is 0.518. The minimum absolute atomic E-state index is 0.0927. The van der Waals surface area contributed by atoms with Gasteiger partial charge in [0, 0.05) is 18.8 Å². The molecule has 5 heteroatoms. The molecule has 0 aromatic carbocycles. The molecule has 0 radical (unpaired) electrons. The summed E-state index contributed by atoms with van der Waals surface area (Å²) in [5, 5.41) is 6.82. The first-order valence-corrected chi connectivity index (χ1v) is 5.99. The van der Waals surface area contributed by atoms with Crippen molar-refractivity contribution >= 4 is 17.5 Å². The molecular formula is C11H16ClN3O. The largest absolute Gasteiger partial charge is 0.356 e. The first-order chi connectivity index (χ1) is 7.75. The van der Waals surface area contributed by atoms with Gasteiger partial charge in [-0.05, 0) is 31.9 Å². The van der Waals surface area contributed by atoms with Gasteiger partial charge in [-0.2, -0.15) is 0 Å². The number of aromatic amines is 1. The lowest BCUT2D eigenvalue weighted by Crippen LogP contribution is -2.30. The first-order valence-electron chi connectivity index (χ1n) is 5.61. The maximum Gasteiger partial charge on any atom is 0.267 e. The molecule has 0 spiro atoms. The Labute approximate surface area is 99.8 Å². The van der Waals surface area contributed by atoms with Crippen molar-refractivity contribution in [1.29, 1.82) is 0 Å². The van der Waals surface area contributed by atoms with Crippen LogP contribution in [-0.4, -0.2) is 30.0 Å². The summed E-state index contributed by atoms with van der Waals surface area (Å²) in [7, 11) is 0. The van der Waals surface area contributed by atoms with Gasteiger partial charge in [0.1, 0.15) is 5.69 Å². The monoisotopic (exact) mass is 241 g/mol. The standard InChI is InChI=1S/C11H16ClN3O/c12-8-6-10(15-7-8)11(16)14-5-3-9-2-1-4-13-9/h6-7,9,13,15H,1-5H2,(H,14,16). The lowest BCUT2D eigenvalue weighted by Gasteiger charge is -2.10. The molecule has 1 atom stereocenters. The molecule has 0 aliphatic carbocycles. The predicted molar refractivity (Wildman–Crippen MR) is 63.8 cm³/mol. The summed E-state index contributed by atoms with van der Waals surface area (Å²) < 4.78 is 0. The zero-order valence-electron chi connectivity index (χ0n) is 9.05. The molecule has 1 aromatic rings. The van der Waals surface area contributed by atoms with Crippen molar-refractivity contribution in [2.24, 2.45) is 0 Å². The summed E-state index contributed by atoms with van der Waals surface area (Å²) >= 11 is 5.72. The van der Waals surface area contributed by atoms with Gasteiger partial charge in [-0.25, -0.2) is 0 Å². The zero-order chi connectivity index (χ0) is 11.4. The smallest absolute Gasteiger partial charge is 0.267 e. The Hall–Kier alpha value is -1.00. The van der Waals surface area contributed by atoms with E-state index >= 15 is 0 Å². The van der Waals surface area contributed by atoms with Crippen molar-refractivity contribution in [1.82, 2.24) is 15.6 Å². The van der Waals surface area contributed by atoms with Crippen LogP contribution in [0, 0.1) is 0 Å². The third-order valence-corrected chi connectivity index (χ3v) is 3.05. The molecule has 1 unspecified atom stereocenters. The summed E-state index contributed by atoms with van der Waals surface area (Å²) in [6, 6.07) is 2.19. The van der Waals surface area contributed by atoms with Crippen LogP contribution in [0.4, 0.5) is 0 Å². The van der Waals surface area contributed by atoms with E-state index in [-0.39, 0.29) is 5.91 Å². The van der Waals surface area contributed by atoms with Crippen LogP contribution in [0.5, 0.6) is 0 Å². The molecule has 1 saturated heterocycles. The fourth-order valence-electron chi connectivity index (χ4n) is 1.96. The highest BCUT2D eigenvalue weighted by Gasteiger charge is 2.14. The Bertz CT molecular complexity index is 358. The van der Waals surface area contributed by atoms with Crippen LogP contribution in [0.25, 0.3) is 0 Å². The topological polar surface area (TPSA) is 56.9 Å². The maximum absolute atomic E-state index is 11.6. The number of aromatic nitrogens is 1. The van der Waals surface area contributed by atoms with Crippen LogP contribution in [0.15, 0.2) is 12.3 Å². The van der Waals surface area contributed by atoms with E-state index in [0.717, 1.165) is 13.0 Å². The van der Waals surface area contributed by atoms with Gasteiger partial charge >= 0.3 is 0 Å². The second-order valence-electron chi connectivity index (χ2n) is 4.07. The van der Waals surface area contributed by atoms with Crippen molar-refractivity contribution < 1.29 is 4.79 Å². The molecule has 3 N–H and O–H groups in total. The predicted octanol–water partition coefficient (Wildman–Crippen LogP) is 1.54. The van der Waals surface area contributed by atoms with Crippen molar-refractivity contribution in [3.8, 4) is 0 Å². The number of hydrogen-bond acceptors (Lipinski definition) is 2. The van der Waals surface area contributed by atoms with Gasteiger partial charge in [-0.15, -0.1) is 0 Å². The Morgan fingerprint density at radius 3 is 3.12 bits per heavy atom.